The lowest BCUT2D eigenvalue weighted by Crippen LogP contribution is -2.15. The smallest absolute Gasteiger partial charge is 0.416 e. The second kappa shape index (κ2) is 9.23. The molecule has 156 valence electrons. The Morgan fingerprint density at radius 1 is 1.27 bits per heavy atom. The first-order valence-corrected chi connectivity index (χ1v) is 9.80. The van der Waals surface area contributed by atoms with Gasteiger partial charge in [-0.05, 0) is 53.8 Å². The number of aryl methyl sites for hydroxylation is 1. The van der Waals surface area contributed by atoms with Gasteiger partial charge in [0, 0.05) is 22.8 Å². The predicted octanol–water partition coefficient (Wildman–Crippen LogP) is 5.33. The minimum Gasteiger partial charge on any atom is -0.457 e. The quantitative estimate of drug-likeness (QED) is 0.422. The number of pyridine rings is 1. The van der Waals surface area contributed by atoms with Crippen LogP contribution in [0.25, 0.3) is 6.08 Å². The highest BCUT2D eigenvalue weighted by Crippen LogP contribution is 2.30. The number of aliphatic hydroxyl groups excluding tert-OH is 1. The number of esters is 1. The normalized spacial score (nSPS) is 13.2. The standard InChI is InChI=1S/C22H18F3NO3S/c1-14-7-9-30-19(14)11-18(20(27)16-5-3-8-26-12-16)21(28)29-13-15-4-2-6-17(10-15)22(23,24)25/h2-12,20,27H,13H2,1H3/b18-11-. The number of ether oxygens (including phenoxy) is 1. The molecule has 0 fully saturated rings. The molecule has 1 aromatic carbocycles. The largest absolute Gasteiger partial charge is 0.457 e. The van der Waals surface area contributed by atoms with Crippen LogP contribution in [-0.4, -0.2) is 16.1 Å². The van der Waals surface area contributed by atoms with Gasteiger partial charge in [-0.15, -0.1) is 11.3 Å². The first-order chi connectivity index (χ1) is 14.3. The van der Waals surface area contributed by atoms with Gasteiger partial charge < -0.3 is 9.84 Å². The Hall–Kier alpha value is -2.97. The SMILES string of the molecule is Cc1ccsc1/C=C(\C(=O)OCc1cccc(C(F)(F)F)c1)C(O)c1cccnc1. The van der Waals surface area contributed by atoms with E-state index in [1.165, 1.54) is 41.9 Å². The minimum atomic E-state index is -4.49. The molecule has 1 unspecified atom stereocenters. The number of hydrogen-bond donors (Lipinski definition) is 1. The van der Waals surface area contributed by atoms with Crippen LogP contribution in [0.4, 0.5) is 13.2 Å². The summed E-state index contributed by atoms with van der Waals surface area (Å²) in [6.45, 7) is 1.51. The van der Waals surface area contributed by atoms with Crippen LogP contribution in [0.2, 0.25) is 0 Å². The number of alkyl halides is 3. The van der Waals surface area contributed by atoms with E-state index in [0.717, 1.165) is 22.6 Å². The Morgan fingerprint density at radius 3 is 2.70 bits per heavy atom. The minimum absolute atomic E-state index is 0.0273. The first-order valence-electron chi connectivity index (χ1n) is 8.92. The van der Waals surface area contributed by atoms with Crippen LogP contribution in [0.3, 0.4) is 0 Å². The molecule has 30 heavy (non-hydrogen) atoms. The average Bonchev–Trinajstić information content (AvgIpc) is 3.14. The summed E-state index contributed by atoms with van der Waals surface area (Å²) in [7, 11) is 0. The third-order valence-corrected chi connectivity index (χ3v) is 5.31. The van der Waals surface area contributed by atoms with E-state index in [9.17, 15) is 23.1 Å². The van der Waals surface area contributed by atoms with Crippen molar-refractivity contribution in [1.82, 2.24) is 4.98 Å². The molecule has 8 heteroatoms. The molecule has 1 atom stereocenters. The lowest BCUT2D eigenvalue weighted by molar-refractivity contribution is -0.141. The summed E-state index contributed by atoms with van der Waals surface area (Å²) < 4.78 is 43.9. The van der Waals surface area contributed by atoms with Crippen LogP contribution in [0.15, 0.2) is 65.8 Å². The number of hydrogen-bond acceptors (Lipinski definition) is 5. The Kier molecular flexibility index (Phi) is 6.69. The van der Waals surface area contributed by atoms with E-state index in [1.807, 2.05) is 18.4 Å². The number of aromatic nitrogens is 1. The van der Waals surface area contributed by atoms with E-state index in [2.05, 4.69) is 4.98 Å². The van der Waals surface area contributed by atoms with Gasteiger partial charge in [0.05, 0.1) is 11.1 Å². The fourth-order valence-electron chi connectivity index (χ4n) is 2.71. The van der Waals surface area contributed by atoms with E-state index < -0.39 is 23.8 Å². The van der Waals surface area contributed by atoms with Crippen molar-refractivity contribution in [2.24, 2.45) is 0 Å². The molecule has 2 aromatic heterocycles. The topological polar surface area (TPSA) is 59.4 Å². The third kappa shape index (κ3) is 5.34. The Morgan fingerprint density at radius 2 is 2.07 bits per heavy atom. The van der Waals surface area contributed by atoms with Gasteiger partial charge in [-0.3, -0.25) is 4.98 Å². The van der Waals surface area contributed by atoms with Crippen molar-refractivity contribution in [3.8, 4) is 0 Å². The van der Waals surface area contributed by atoms with Crippen molar-refractivity contribution < 1.29 is 27.8 Å². The highest BCUT2D eigenvalue weighted by molar-refractivity contribution is 7.11. The van der Waals surface area contributed by atoms with Gasteiger partial charge in [0.1, 0.15) is 12.7 Å². The molecule has 3 aromatic rings. The summed E-state index contributed by atoms with van der Waals surface area (Å²) in [5.41, 5.74) is 0.660. The van der Waals surface area contributed by atoms with E-state index in [0.29, 0.717) is 5.56 Å². The summed E-state index contributed by atoms with van der Waals surface area (Å²) in [4.78, 5) is 17.5. The van der Waals surface area contributed by atoms with Crippen molar-refractivity contribution in [3.05, 3.63) is 92.9 Å². The number of benzene rings is 1. The van der Waals surface area contributed by atoms with Crippen molar-refractivity contribution in [2.75, 3.05) is 0 Å². The number of carbonyl (C=O) groups is 1. The van der Waals surface area contributed by atoms with E-state index in [-0.39, 0.29) is 17.7 Å². The van der Waals surface area contributed by atoms with E-state index >= 15 is 0 Å². The van der Waals surface area contributed by atoms with Gasteiger partial charge in [-0.25, -0.2) is 4.79 Å². The van der Waals surface area contributed by atoms with Crippen LogP contribution in [0.5, 0.6) is 0 Å². The molecule has 0 aliphatic carbocycles. The molecule has 3 rings (SSSR count). The zero-order valence-corrected chi connectivity index (χ0v) is 16.7. The molecule has 0 amide bonds. The molecule has 0 aliphatic rings. The summed E-state index contributed by atoms with van der Waals surface area (Å²) in [6, 6.07) is 9.68. The summed E-state index contributed by atoms with van der Waals surface area (Å²) in [5.74, 6) is -0.823. The predicted molar refractivity (Wildman–Crippen MR) is 107 cm³/mol. The lowest BCUT2D eigenvalue weighted by atomic mass is 10.0. The summed E-state index contributed by atoms with van der Waals surface area (Å²) in [5, 5.41) is 12.6. The second-order valence-corrected chi connectivity index (χ2v) is 7.48. The van der Waals surface area contributed by atoms with Gasteiger partial charge >= 0.3 is 12.1 Å². The number of thiophene rings is 1. The zero-order valence-electron chi connectivity index (χ0n) is 15.9. The maximum Gasteiger partial charge on any atom is 0.416 e. The van der Waals surface area contributed by atoms with Gasteiger partial charge in [-0.2, -0.15) is 13.2 Å². The zero-order chi connectivity index (χ0) is 21.7. The molecule has 0 bridgehead atoms. The van der Waals surface area contributed by atoms with Crippen LogP contribution in [-0.2, 0) is 22.3 Å². The van der Waals surface area contributed by atoms with E-state index in [1.54, 1.807) is 12.1 Å². The number of carbonyl (C=O) groups excluding carboxylic acids is 1. The molecule has 0 radical (unpaired) electrons. The number of halogens is 3. The molecule has 2 heterocycles. The Bertz CT molecular complexity index is 1050. The van der Waals surface area contributed by atoms with E-state index in [4.69, 9.17) is 4.74 Å². The van der Waals surface area contributed by atoms with Crippen molar-refractivity contribution >= 4 is 23.4 Å². The van der Waals surface area contributed by atoms with Crippen LogP contribution in [0.1, 0.15) is 33.2 Å². The molecule has 0 aliphatic heterocycles. The molecule has 1 N–H and O–H groups in total. The maximum atomic E-state index is 12.9. The fourth-order valence-corrected chi connectivity index (χ4v) is 3.58. The molecule has 0 spiro atoms. The van der Waals surface area contributed by atoms with Crippen molar-refractivity contribution in [3.63, 3.8) is 0 Å². The number of nitrogens with zero attached hydrogens (tertiary/aromatic N) is 1. The maximum absolute atomic E-state index is 12.9. The summed E-state index contributed by atoms with van der Waals surface area (Å²) >= 11 is 1.39. The van der Waals surface area contributed by atoms with Crippen molar-refractivity contribution in [1.29, 1.82) is 0 Å². The number of aliphatic hydroxyl groups is 1. The molecule has 4 nitrogen and oxygen atoms in total. The first kappa shape index (κ1) is 21.7. The Balaban J connectivity index is 1.84. The highest BCUT2D eigenvalue weighted by Gasteiger charge is 2.30. The molecular formula is C22H18F3NO3S. The molecular weight excluding hydrogens is 415 g/mol. The molecule has 0 saturated heterocycles. The Labute approximate surface area is 175 Å². The van der Waals surface area contributed by atoms with Crippen LogP contribution in [0, 0.1) is 6.92 Å². The summed E-state index contributed by atoms with van der Waals surface area (Å²) in [6.07, 6.45) is -1.28. The van der Waals surface area contributed by atoms with Gasteiger partial charge in [0.2, 0.25) is 0 Å². The van der Waals surface area contributed by atoms with Gasteiger partial charge in [-0.1, -0.05) is 18.2 Å². The van der Waals surface area contributed by atoms with Crippen LogP contribution < -0.4 is 0 Å². The van der Waals surface area contributed by atoms with Gasteiger partial charge in [0.25, 0.3) is 0 Å². The monoisotopic (exact) mass is 433 g/mol. The van der Waals surface area contributed by atoms with Gasteiger partial charge in [0.15, 0.2) is 0 Å². The fraction of sp³-hybridized carbons (Fsp3) is 0.182. The number of rotatable bonds is 6. The van der Waals surface area contributed by atoms with Crippen molar-refractivity contribution in [2.45, 2.75) is 25.8 Å². The highest BCUT2D eigenvalue weighted by atomic mass is 32.1. The average molecular weight is 433 g/mol. The van der Waals surface area contributed by atoms with Crippen LogP contribution >= 0.6 is 11.3 Å². The molecule has 0 saturated carbocycles. The second-order valence-electron chi connectivity index (χ2n) is 6.53. The third-order valence-electron chi connectivity index (χ3n) is 4.34. The lowest BCUT2D eigenvalue weighted by Gasteiger charge is -2.15.